The van der Waals surface area contributed by atoms with Crippen LogP contribution in [0.25, 0.3) is 10.7 Å². The Balaban J connectivity index is 2.52. The Labute approximate surface area is 83.0 Å². The topological polar surface area (TPSA) is 45.8 Å². The van der Waals surface area contributed by atoms with Gasteiger partial charge in [-0.3, -0.25) is 4.79 Å². The monoisotopic (exact) mass is 212 g/mol. The number of rotatable bonds is 1. The van der Waals surface area contributed by atoms with Crippen LogP contribution in [0, 0.1) is 0 Å². The summed E-state index contributed by atoms with van der Waals surface area (Å²) < 4.78 is 0.682. The van der Waals surface area contributed by atoms with Gasteiger partial charge in [-0.15, -0.1) is 11.3 Å². The van der Waals surface area contributed by atoms with Gasteiger partial charge in [-0.1, -0.05) is 11.6 Å². The first-order valence-electron chi connectivity index (χ1n) is 3.57. The Morgan fingerprint density at radius 1 is 1.38 bits per heavy atom. The van der Waals surface area contributed by atoms with Crippen molar-refractivity contribution in [3.8, 4) is 10.7 Å². The zero-order valence-electron chi connectivity index (χ0n) is 6.45. The van der Waals surface area contributed by atoms with E-state index in [4.69, 9.17) is 11.6 Å². The van der Waals surface area contributed by atoms with E-state index in [-0.39, 0.29) is 5.56 Å². The summed E-state index contributed by atoms with van der Waals surface area (Å²) in [5, 5.41) is 0. The van der Waals surface area contributed by atoms with Crippen LogP contribution < -0.4 is 5.56 Å². The Bertz CT molecular complexity index is 477. The van der Waals surface area contributed by atoms with Gasteiger partial charge in [0.1, 0.15) is 5.82 Å². The zero-order valence-corrected chi connectivity index (χ0v) is 8.02. The molecule has 0 aliphatic carbocycles. The number of H-pyrrole nitrogens is 1. The molecule has 0 amide bonds. The van der Waals surface area contributed by atoms with Crippen LogP contribution in [-0.4, -0.2) is 9.97 Å². The molecule has 0 aliphatic rings. The number of nitrogens with one attached hydrogen (secondary N) is 1. The molecule has 0 saturated carbocycles. The predicted octanol–water partition coefficient (Wildman–Crippen LogP) is 2.15. The smallest absolute Gasteiger partial charge is 0.251 e. The molecule has 0 aliphatic heterocycles. The van der Waals surface area contributed by atoms with Crippen molar-refractivity contribution in [3.63, 3.8) is 0 Å². The van der Waals surface area contributed by atoms with Crippen LogP contribution in [-0.2, 0) is 0 Å². The Morgan fingerprint density at radius 2 is 2.23 bits per heavy atom. The van der Waals surface area contributed by atoms with Crippen LogP contribution in [0.15, 0.2) is 29.2 Å². The van der Waals surface area contributed by atoms with Gasteiger partial charge in [-0.2, -0.15) is 0 Å². The Hall–Kier alpha value is -1.13. The standard InChI is InChI=1S/C8H5ClN2OS/c9-6-2-1-5(13-6)8-10-4-3-7(12)11-8/h1-4H,(H,10,11,12). The molecule has 5 heteroatoms. The van der Waals surface area contributed by atoms with Gasteiger partial charge in [0.15, 0.2) is 0 Å². The minimum absolute atomic E-state index is 0.158. The molecule has 66 valence electrons. The van der Waals surface area contributed by atoms with Crippen molar-refractivity contribution >= 4 is 22.9 Å². The number of halogens is 1. The quantitative estimate of drug-likeness (QED) is 0.788. The van der Waals surface area contributed by atoms with Gasteiger partial charge < -0.3 is 4.98 Å². The van der Waals surface area contributed by atoms with Crippen LogP contribution in [0.4, 0.5) is 0 Å². The summed E-state index contributed by atoms with van der Waals surface area (Å²) in [5.41, 5.74) is -0.158. The molecule has 0 radical (unpaired) electrons. The lowest BCUT2D eigenvalue weighted by Gasteiger charge is -1.92. The molecule has 0 fully saturated rings. The highest BCUT2D eigenvalue weighted by atomic mass is 35.5. The third-order valence-corrected chi connectivity index (χ3v) is 2.72. The van der Waals surface area contributed by atoms with Crippen molar-refractivity contribution in [2.75, 3.05) is 0 Å². The van der Waals surface area contributed by atoms with Crippen LogP contribution in [0.2, 0.25) is 4.34 Å². The van der Waals surface area contributed by atoms with E-state index >= 15 is 0 Å². The Kier molecular flexibility index (Phi) is 2.16. The van der Waals surface area contributed by atoms with Crippen LogP contribution in [0.5, 0.6) is 0 Å². The molecule has 0 bridgehead atoms. The number of aromatic nitrogens is 2. The second kappa shape index (κ2) is 3.32. The van der Waals surface area contributed by atoms with Crippen molar-refractivity contribution < 1.29 is 0 Å². The molecule has 2 aromatic heterocycles. The first-order valence-corrected chi connectivity index (χ1v) is 4.76. The average Bonchev–Trinajstić information content (AvgIpc) is 2.52. The minimum Gasteiger partial charge on any atom is -0.306 e. The summed E-state index contributed by atoms with van der Waals surface area (Å²) in [6.45, 7) is 0. The van der Waals surface area contributed by atoms with E-state index in [9.17, 15) is 4.79 Å². The summed E-state index contributed by atoms with van der Waals surface area (Å²) in [6, 6.07) is 4.97. The first kappa shape index (κ1) is 8.47. The summed E-state index contributed by atoms with van der Waals surface area (Å²) in [7, 11) is 0. The lowest BCUT2D eigenvalue weighted by atomic mass is 10.4. The first-order chi connectivity index (χ1) is 6.25. The maximum atomic E-state index is 10.9. The van der Waals surface area contributed by atoms with Crippen molar-refractivity contribution in [2.45, 2.75) is 0 Å². The van der Waals surface area contributed by atoms with E-state index in [1.165, 1.54) is 23.6 Å². The zero-order chi connectivity index (χ0) is 9.26. The van der Waals surface area contributed by atoms with Gasteiger partial charge >= 0.3 is 0 Å². The van der Waals surface area contributed by atoms with Gasteiger partial charge in [-0.05, 0) is 12.1 Å². The number of nitrogens with zero attached hydrogens (tertiary/aromatic N) is 1. The SMILES string of the molecule is O=c1ccnc(-c2ccc(Cl)s2)[nH]1. The highest BCUT2D eigenvalue weighted by molar-refractivity contribution is 7.19. The van der Waals surface area contributed by atoms with E-state index in [0.717, 1.165) is 4.88 Å². The summed E-state index contributed by atoms with van der Waals surface area (Å²) in [6.07, 6.45) is 1.47. The van der Waals surface area contributed by atoms with E-state index in [2.05, 4.69) is 9.97 Å². The third-order valence-electron chi connectivity index (χ3n) is 1.48. The van der Waals surface area contributed by atoms with Crippen molar-refractivity contribution in [2.24, 2.45) is 0 Å². The second-order valence-corrected chi connectivity index (χ2v) is 4.10. The lowest BCUT2D eigenvalue weighted by Crippen LogP contribution is -2.04. The maximum Gasteiger partial charge on any atom is 0.251 e. The molecule has 13 heavy (non-hydrogen) atoms. The minimum atomic E-state index is -0.158. The molecule has 0 aromatic carbocycles. The van der Waals surface area contributed by atoms with E-state index in [0.29, 0.717) is 10.2 Å². The van der Waals surface area contributed by atoms with E-state index in [1.807, 2.05) is 6.07 Å². The molecule has 1 N–H and O–H groups in total. The summed E-state index contributed by atoms with van der Waals surface area (Å²) in [5.74, 6) is 0.560. The highest BCUT2D eigenvalue weighted by Crippen LogP contribution is 2.27. The van der Waals surface area contributed by atoms with Crippen molar-refractivity contribution in [1.82, 2.24) is 9.97 Å². The van der Waals surface area contributed by atoms with E-state index < -0.39 is 0 Å². The normalized spacial score (nSPS) is 10.2. The van der Waals surface area contributed by atoms with Gasteiger partial charge in [0, 0.05) is 12.3 Å². The molecule has 2 aromatic rings. The summed E-state index contributed by atoms with van der Waals surface area (Å²) >= 11 is 7.13. The average molecular weight is 213 g/mol. The van der Waals surface area contributed by atoms with Gasteiger partial charge in [0.25, 0.3) is 5.56 Å². The van der Waals surface area contributed by atoms with Crippen molar-refractivity contribution in [1.29, 1.82) is 0 Å². The summed E-state index contributed by atoms with van der Waals surface area (Å²) in [4.78, 5) is 18.5. The van der Waals surface area contributed by atoms with Gasteiger partial charge in [-0.25, -0.2) is 4.98 Å². The number of hydrogen-bond donors (Lipinski definition) is 1. The van der Waals surface area contributed by atoms with Crippen molar-refractivity contribution in [3.05, 3.63) is 39.1 Å². The molecule has 0 spiro atoms. The van der Waals surface area contributed by atoms with Gasteiger partial charge in [0.2, 0.25) is 0 Å². The maximum absolute atomic E-state index is 10.9. The molecular weight excluding hydrogens is 208 g/mol. The fourth-order valence-corrected chi connectivity index (χ4v) is 1.93. The van der Waals surface area contributed by atoms with E-state index in [1.54, 1.807) is 6.07 Å². The molecule has 2 heterocycles. The molecule has 0 saturated heterocycles. The lowest BCUT2D eigenvalue weighted by molar-refractivity contribution is 1.14. The molecule has 2 rings (SSSR count). The van der Waals surface area contributed by atoms with Crippen LogP contribution in [0.1, 0.15) is 0 Å². The molecular formula is C8H5ClN2OS. The molecule has 3 nitrogen and oxygen atoms in total. The number of thiophene rings is 1. The highest BCUT2D eigenvalue weighted by Gasteiger charge is 2.02. The van der Waals surface area contributed by atoms with Gasteiger partial charge in [0.05, 0.1) is 9.21 Å². The Morgan fingerprint density at radius 3 is 2.85 bits per heavy atom. The molecule has 0 atom stereocenters. The van der Waals surface area contributed by atoms with Crippen LogP contribution >= 0.6 is 22.9 Å². The fourth-order valence-electron chi connectivity index (χ4n) is 0.937. The number of aromatic amines is 1. The predicted molar refractivity (Wildman–Crippen MR) is 53.2 cm³/mol. The fraction of sp³-hybridized carbons (Fsp3) is 0. The number of hydrogen-bond acceptors (Lipinski definition) is 3. The molecule has 0 unspecified atom stereocenters. The second-order valence-electron chi connectivity index (χ2n) is 2.39. The van der Waals surface area contributed by atoms with Crippen LogP contribution in [0.3, 0.4) is 0 Å². The third kappa shape index (κ3) is 1.79. The largest absolute Gasteiger partial charge is 0.306 e.